The predicted octanol–water partition coefficient (Wildman–Crippen LogP) is 1.56. The van der Waals surface area contributed by atoms with Gasteiger partial charge in [0.1, 0.15) is 5.75 Å². The Morgan fingerprint density at radius 1 is 1.35 bits per heavy atom. The fourth-order valence-electron chi connectivity index (χ4n) is 1.62. The van der Waals surface area contributed by atoms with Gasteiger partial charge in [-0.3, -0.25) is 0 Å². The molecule has 1 aromatic heterocycles. The number of hydrogen-bond acceptors (Lipinski definition) is 4. The molecule has 3 N–H and O–H groups in total. The van der Waals surface area contributed by atoms with E-state index in [0.29, 0.717) is 4.68 Å². The van der Waals surface area contributed by atoms with Crippen molar-refractivity contribution in [3.8, 4) is 5.75 Å². The normalized spacial score (nSPS) is 11.6. The molecular weight excluding hydrogens is 283 g/mol. The van der Waals surface area contributed by atoms with Gasteiger partial charge in [-0.05, 0) is 18.2 Å². The van der Waals surface area contributed by atoms with Crippen LogP contribution in [0.2, 0.25) is 0 Å². The Morgan fingerprint density at radius 2 is 2.00 bits per heavy atom. The van der Waals surface area contributed by atoms with Crippen molar-refractivity contribution in [1.82, 2.24) is 9.78 Å². The molecule has 10 heteroatoms. The van der Waals surface area contributed by atoms with Gasteiger partial charge in [0.05, 0.1) is 5.52 Å². The quantitative estimate of drug-likeness (QED) is 0.872. The second-order valence-electron chi connectivity index (χ2n) is 3.63. The Labute approximate surface area is 108 Å². The van der Waals surface area contributed by atoms with Crippen LogP contribution < -0.4 is 10.5 Å². The highest BCUT2D eigenvalue weighted by molar-refractivity contribution is 6.04. The van der Waals surface area contributed by atoms with Crippen molar-refractivity contribution in [3.63, 3.8) is 0 Å². The highest BCUT2D eigenvalue weighted by Crippen LogP contribution is 2.28. The number of primary amides is 1. The van der Waals surface area contributed by atoms with E-state index >= 15 is 0 Å². The van der Waals surface area contributed by atoms with E-state index in [0.717, 1.165) is 18.2 Å². The van der Waals surface area contributed by atoms with Crippen LogP contribution in [0.1, 0.15) is 10.5 Å². The zero-order chi connectivity index (χ0) is 15.1. The van der Waals surface area contributed by atoms with Crippen LogP contribution in [0.3, 0.4) is 0 Å². The van der Waals surface area contributed by atoms with Gasteiger partial charge in [0.2, 0.25) is 0 Å². The van der Waals surface area contributed by atoms with E-state index in [9.17, 15) is 22.8 Å². The van der Waals surface area contributed by atoms with Gasteiger partial charge in [0.25, 0.3) is 0 Å². The molecule has 1 heterocycles. The van der Waals surface area contributed by atoms with Crippen molar-refractivity contribution in [2.45, 2.75) is 6.36 Å². The topological polar surface area (TPSA) is 107 Å². The lowest BCUT2D eigenvalue weighted by Gasteiger charge is -2.08. The molecule has 2 rings (SSSR count). The molecule has 2 aromatic rings. The Hall–Kier alpha value is -2.78. The van der Waals surface area contributed by atoms with Crippen molar-refractivity contribution in [2.24, 2.45) is 5.73 Å². The smallest absolute Gasteiger partial charge is 0.476 e. The van der Waals surface area contributed by atoms with Crippen molar-refractivity contribution in [2.75, 3.05) is 0 Å². The lowest BCUT2D eigenvalue weighted by atomic mass is 10.2. The molecule has 7 nitrogen and oxygen atoms in total. The molecule has 0 atom stereocenters. The van der Waals surface area contributed by atoms with Crippen LogP contribution in [0.5, 0.6) is 5.75 Å². The number of fused-ring (bicyclic) bond motifs is 1. The number of aromatic carboxylic acids is 1. The standard InChI is InChI=1S/C10H6F3N3O4/c11-10(12,13)20-4-1-2-6-5(3-4)7(8(17)18)15-16(6)9(14)19/h1-3H,(H2,14,19)(H,17,18). The number of rotatable bonds is 2. The fourth-order valence-corrected chi connectivity index (χ4v) is 1.62. The van der Waals surface area contributed by atoms with E-state index in [-0.39, 0.29) is 10.9 Å². The van der Waals surface area contributed by atoms with Gasteiger partial charge in [0, 0.05) is 5.39 Å². The van der Waals surface area contributed by atoms with E-state index < -0.39 is 29.8 Å². The van der Waals surface area contributed by atoms with E-state index in [1.165, 1.54) is 0 Å². The number of carboxylic acid groups (broad SMARTS) is 1. The number of carboxylic acids is 1. The Kier molecular flexibility index (Phi) is 3.00. The zero-order valence-corrected chi connectivity index (χ0v) is 9.51. The molecular formula is C10H6F3N3O4. The summed E-state index contributed by atoms with van der Waals surface area (Å²) in [5, 5.41) is 12.1. The number of nitrogens with zero attached hydrogens (tertiary/aromatic N) is 2. The molecule has 20 heavy (non-hydrogen) atoms. The minimum absolute atomic E-state index is 0.0376. The fraction of sp³-hybridized carbons (Fsp3) is 0.100. The van der Waals surface area contributed by atoms with Crippen molar-refractivity contribution in [3.05, 3.63) is 23.9 Å². The third kappa shape index (κ3) is 2.48. The van der Waals surface area contributed by atoms with Crippen molar-refractivity contribution < 1.29 is 32.6 Å². The van der Waals surface area contributed by atoms with Crippen LogP contribution in [0, 0.1) is 0 Å². The number of halogens is 3. The summed E-state index contributed by atoms with van der Waals surface area (Å²) in [5.41, 5.74) is 4.35. The van der Waals surface area contributed by atoms with Crippen molar-refractivity contribution in [1.29, 1.82) is 0 Å². The van der Waals surface area contributed by atoms with Crippen LogP contribution in [-0.2, 0) is 0 Å². The van der Waals surface area contributed by atoms with E-state index in [4.69, 9.17) is 10.8 Å². The van der Waals surface area contributed by atoms with E-state index in [1.807, 2.05) is 0 Å². The van der Waals surface area contributed by atoms with Gasteiger partial charge in [-0.25, -0.2) is 9.59 Å². The van der Waals surface area contributed by atoms with Crippen LogP contribution >= 0.6 is 0 Å². The molecule has 0 bridgehead atoms. The molecule has 0 saturated heterocycles. The van der Waals surface area contributed by atoms with Gasteiger partial charge in [-0.15, -0.1) is 13.2 Å². The van der Waals surface area contributed by atoms with Crippen LogP contribution in [0.15, 0.2) is 18.2 Å². The summed E-state index contributed by atoms with van der Waals surface area (Å²) in [5.74, 6) is -2.14. The van der Waals surface area contributed by atoms with Gasteiger partial charge in [-0.2, -0.15) is 9.78 Å². The Balaban J connectivity index is 2.64. The second kappa shape index (κ2) is 4.40. The zero-order valence-electron chi connectivity index (χ0n) is 9.51. The minimum Gasteiger partial charge on any atom is -0.476 e. The number of amides is 1. The summed E-state index contributed by atoms with van der Waals surface area (Å²) in [7, 11) is 0. The number of carbonyl (C=O) groups is 2. The maximum Gasteiger partial charge on any atom is 0.573 e. The lowest BCUT2D eigenvalue weighted by molar-refractivity contribution is -0.274. The van der Waals surface area contributed by atoms with E-state index in [2.05, 4.69) is 9.84 Å². The summed E-state index contributed by atoms with van der Waals surface area (Å²) in [6, 6.07) is 1.73. The number of hydrogen-bond donors (Lipinski definition) is 2. The highest BCUT2D eigenvalue weighted by Gasteiger charge is 2.31. The summed E-state index contributed by atoms with van der Waals surface area (Å²) in [6.45, 7) is 0. The molecule has 0 radical (unpaired) electrons. The molecule has 106 valence electrons. The molecule has 0 spiro atoms. The number of carbonyl (C=O) groups excluding carboxylic acids is 1. The molecule has 0 unspecified atom stereocenters. The van der Waals surface area contributed by atoms with Gasteiger partial charge >= 0.3 is 18.4 Å². The molecule has 0 aliphatic rings. The summed E-state index contributed by atoms with van der Waals surface area (Å²) >= 11 is 0. The average molecular weight is 289 g/mol. The highest BCUT2D eigenvalue weighted by atomic mass is 19.4. The summed E-state index contributed by atoms with van der Waals surface area (Å²) < 4.78 is 40.5. The number of benzene rings is 1. The molecule has 0 aliphatic carbocycles. The number of aromatic nitrogens is 2. The number of ether oxygens (including phenoxy) is 1. The Morgan fingerprint density at radius 3 is 2.50 bits per heavy atom. The molecule has 0 aliphatic heterocycles. The average Bonchev–Trinajstić information content (AvgIpc) is 2.65. The van der Waals surface area contributed by atoms with Crippen LogP contribution in [0.4, 0.5) is 18.0 Å². The SMILES string of the molecule is NC(=O)n1nc(C(=O)O)c2cc(OC(F)(F)F)ccc21. The first-order valence-electron chi connectivity index (χ1n) is 5.00. The third-order valence-corrected chi connectivity index (χ3v) is 2.30. The van der Waals surface area contributed by atoms with Crippen molar-refractivity contribution >= 4 is 22.9 Å². The van der Waals surface area contributed by atoms with E-state index in [1.54, 1.807) is 0 Å². The maximum atomic E-state index is 12.1. The lowest BCUT2D eigenvalue weighted by Crippen LogP contribution is -2.21. The predicted molar refractivity (Wildman–Crippen MR) is 58.4 cm³/mol. The van der Waals surface area contributed by atoms with Crippen LogP contribution in [0.25, 0.3) is 10.9 Å². The third-order valence-electron chi connectivity index (χ3n) is 2.30. The maximum absolute atomic E-state index is 12.1. The Bertz CT molecular complexity index is 708. The molecule has 0 fully saturated rings. The number of nitrogens with two attached hydrogens (primary N) is 1. The molecule has 1 aromatic carbocycles. The first kappa shape index (κ1) is 13.6. The molecule has 1 amide bonds. The van der Waals surface area contributed by atoms with Crippen LogP contribution in [-0.4, -0.2) is 33.2 Å². The van der Waals surface area contributed by atoms with Gasteiger partial charge in [0.15, 0.2) is 5.69 Å². The monoisotopic (exact) mass is 289 g/mol. The summed E-state index contributed by atoms with van der Waals surface area (Å²) in [4.78, 5) is 22.0. The minimum atomic E-state index is -4.92. The largest absolute Gasteiger partial charge is 0.573 e. The summed E-state index contributed by atoms with van der Waals surface area (Å²) in [6.07, 6.45) is -4.92. The van der Waals surface area contributed by atoms with Gasteiger partial charge in [-0.1, -0.05) is 0 Å². The first-order chi connectivity index (χ1) is 9.19. The number of alkyl halides is 3. The second-order valence-corrected chi connectivity index (χ2v) is 3.63. The van der Waals surface area contributed by atoms with Gasteiger partial charge < -0.3 is 15.6 Å². The molecule has 0 saturated carbocycles. The first-order valence-corrected chi connectivity index (χ1v) is 5.00.